The summed E-state index contributed by atoms with van der Waals surface area (Å²) in [4.78, 5) is 12.4. The van der Waals surface area contributed by atoms with Gasteiger partial charge in [-0.2, -0.15) is 5.10 Å². The van der Waals surface area contributed by atoms with E-state index in [1.54, 1.807) is 6.20 Å². The molecule has 21 heavy (non-hydrogen) atoms. The maximum Gasteiger partial charge on any atom is 0.255 e. The van der Waals surface area contributed by atoms with Gasteiger partial charge in [-0.15, -0.1) is 0 Å². The molecular formula is C16H17N3O2. The predicted octanol–water partition coefficient (Wildman–Crippen LogP) is 1.74. The maximum atomic E-state index is 12.4. The molecule has 1 aliphatic carbocycles. The Labute approximate surface area is 122 Å². The lowest BCUT2D eigenvalue weighted by Gasteiger charge is -2.12. The van der Waals surface area contributed by atoms with Crippen LogP contribution in [0.2, 0.25) is 0 Å². The van der Waals surface area contributed by atoms with E-state index in [1.165, 1.54) is 0 Å². The number of aliphatic hydroxyl groups is 1. The summed E-state index contributed by atoms with van der Waals surface area (Å²) in [6.45, 7) is 0.115. The number of aromatic nitrogens is 2. The predicted molar refractivity (Wildman–Crippen MR) is 79.6 cm³/mol. The largest absolute Gasteiger partial charge is 0.396 e. The van der Waals surface area contributed by atoms with Crippen molar-refractivity contribution in [3.05, 3.63) is 54.2 Å². The van der Waals surface area contributed by atoms with E-state index in [-0.39, 0.29) is 24.5 Å². The molecule has 1 aliphatic rings. The number of carbonyl (C=O) groups is 1. The molecule has 0 spiro atoms. The molecule has 5 nitrogen and oxygen atoms in total. The Morgan fingerprint density at radius 3 is 2.86 bits per heavy atom. The summed E-state index contributed by atoms with van der Waals surface area (Å²) in [5.74, 6) is -0.0240. The molecule has 0 bridgehead atoms. The average molecular weight is 283 g/mol. The van der Waals surface area contributed by atoms with E-state index in [2.05, 4.69) is 15.5 Å². The summed E-state index contributed by atoms with van der Waals surface area (Å²) in [6.07, 6.45) is 6.15. The summed E-state index contributed by atoms with van der Waals surface area (Å²) >= 11 is 0. The Hall–Kier alpha value is -2.40. The molecule has 0 aliphatic heterocycles. The van der Waals surface area contributed by atoms with Crippen LogP contribution in [0.5, 0.6) is 0 Å². The number of aromatic amines is 1. The molecule has 1 aromatic carbocycles. The first-order valence-corrected chi connectivity index (χ1v) is 6.96. The van der Waals surface area contributed by atoms with Crippen molar-refractivity contribution in [3.8, 4) is 11.3 Å². The third-order valence-electron chi connectivity index (χ3n) is 3.67. The van der Waals surface area contributed by atoms with Gasteiger partial charge in [-0.05, 0) is 6.42 Å². The van der Waals surface area contributed by atoms with Crippen molar-refractivity contribution >= 4 is 5.91 Å². The molecule has 5 heteroatoms. The minimum absolute atomic E-state index is 0.0341. The molecule has 0 unspecified atom stereocenters. The monoisotopic (exact) mass is 283 g/mol. The Bertz CT molecular complexity index is 649. The lowest BCUT2D eigenvalue weighted by Crippen LogP contribution is -2.33. The Morgan fingerprint density at radius 2 is 2.14 bits per heavy atom. The molecule has 0 saturated heterocycles. The van der Waals surface area contributed by atoms with Gasteiger partial charge >= 0.3 is 0 Å². The Balaban J connectivity index is 1.75. The third-order valence-corrected chi connectivity index (χ3v) is 3.67. The fourth-order valence-electron chi connectivity index (χ4n) is 2.55. The SMILES string of the molecule is O=C(N[C@@H]1C=C[C@H](CO)C1)c1cn[nH]c1-c1ccccc1. The lowest BCUT2D eigenvalue weighted by molar-refractivity contribution is 0.0942. The first-order valence-electron chi connectivity index (χ1n) is 6.96. The van der Waals surface area contributed by atoms with Crippen LogP contribution in [-0.2, 0) is 0 Å². The highest BCUT2D eigenvalue weighted by atomic mass is 16.3. The van der Waals surface area contributed by atoms with Crippen molar-refractivity contribution in [2.24, 2.45) is 5.92 Å². The highest BCUT2D eigenvalue weighted by molar-refractivity contribution is 6.00. The number of H-pyrrole nitrogens is 1. The van der Waals surface area contributed by atoms with Gasteiger partial charge in [0.25, 0.3) is 5.91 Å². The van der Waals surface area contributed by atoms with Crippen molar-refractivity contribution in [2.75, 3.05) is 6.61 Å². The summed E-state index contributed by atoms with van der Waals surface area (Å²) < 4.78 is 0. The van der Waals surface area contributed by atoms with E-state index in [0.29, 0.717) is 11.3 Å². The Morgan fingerprint density at radius 1 is 1.33 bits per heavy atom. The average Bonchev–Trinajstić information content (AvgIpc) is 3.17. The molecule has 2 atom stereocenters. The number of nitrogens with zero attached hydrogens (tertiary/aromatic N) is 1. The molecule has 1 aromatic heterocycles. The zero-order chi connectivity index (χ0) is 14.7. The fraction of sp³-hybridized carbons (Fsp3) is 0.250. The molecule has 2 aromatic rings. The van der Waals surface area contributed by atoms with E-state index in [1.807, 2.05) is 42.5 Å². The van der Waals surface area contributed by atoms with Gasteiger partial charge in [-0.3, -0.25) is 9.89 Å². The second kappa shape index (κ2) is 5.93. The van der Waals surface area contributed by atoms with Crippen LogP contribution in [0.3, 0.4) is 0 Å². The number of carbonyl (C=O) groups excluding carboxylic acids is 1. The normalized spacial score (nSPS) is 20.6. The van der Waals surface area contributed by atoms with Gasteiger partial charge in [0.05, 0.1) is 17.5 Å². The number of hydrogen-bond acceptors (Lipinski definition) is 3. The topological polar surface area (TPSA) is 78.0 Å². The van der Waals surface area contributed by atoms with Crippen molar-refractivity contribution in [2.45, 2.75) is 12.5 Å². The molecule has 3 N–H and O–H groups in total. The zero-order valence-electron chi connectivity index (χ0n) is 11.5. The van der Waals surface area contributed by atoms with E-state index in [0.717, 1.165) is 12.0 Å². The minimum Gasteiger partial charge on any atom is -0.396 e. The van der Waals surface area contributed by atoms with Crippen LogP contribution in [0.1, 0.15) is 16.8 Å². The van der Waals surface area contributed by atoms with Crippen LogP contribution in [0.15, 0.2) is 48.7 Å². The van der Waals surface area contributed by atoms with Crippen molar-refractivity contribution in [1.82, 2.24) is 15.5 Å². The second-order valence-electron chi connectivity index (χ2n) is 5.17. The molecule has 1 amide bonds. The van der Waals surface area contributed by atoms with Gasteiger partial charge in [0.15, 0.2) is 0 Å². The number of nitrogens with one attached hydrogen (secondary N) is 2. The second-order valence-corrected chi connectivity index (χ2v) is 5.17. The van der Waals surface area contributed by atoms with E-state index < -0.39 is 0 Å². The molecular weight excluding hydrogens is 266 g/mol. The van der Waals surface area contributed by atoms with Crippen LogP contribution in [0.25, 0.3) is 11.3 Å². The van der Waals surface area contributed by atoms with Crippen molar-refractivity contribution < 1.29 is 9.90 Å². The third kappa shape index (κ3) is 2.87. The van der Waals surface area contributed by atoms with Crippen LogP contribution >= 0.6 is 0 Å². The summed E-state index contributed by atoms with van der Waals surface area (Å²) in [5.41, 5.74) is 2.17. The summed E-state index contributed by atoms with van der Waals surface area (Å²) in [7, 11) is 0. The molecule has 1 heterocycles. The number of benzene rings is 1. The summed E-state index contributed by atoms with van der Waals surface area (Å²) in [6, 6.07) is 9.60. The number of amides is 1. The first kappa shape index (κ1) is 13.6. The summed E-state index contributed by atoms with van der Waals surface area (Å²) in [5, 5.41) is 18.9. The standard InChI is InChI=1S/C16H17N3O2/c20-10-11-6-7-13(8-11)18-16(21)14-9-17-19-15(14)12-4-2-1-3-5-12/h1-7,9,11,13,20H,8,10H2,(H,17,19)(H,18,21)/t11-,13+/m0/s1. The van der Waals surface area contributed by atoms with Gasteiger partial charge in [-0.1, -0.05) is 42.5 Å². The van der Waals surface area contributed by atoms with E-state index >= 15 is 0 Å². The smallest absolute Gasteiger partial charge is 0.255 e. The number of rotatable bonds is 4. The van der Waals surface area contributed by atoms with Gasteiger partial charge in [-0.25, -0.2) is 0 Å². The van der Waals surface area contributed by atoms with Crippen LogP contribution in [0.4, 0.5) is 0 Å². The number of aliphatic hydroxyl groups excluding tert-OH is 1. The van der Waals surface area contributed by atoms with Crippen molar-refractivity contribution in [1.29, 1.82) is 0 Å². The highest BCUT2D eigenvalue weighted by Gasteiger charge is 2.22. The van der Waals surface area contributed by atoms with E-state index in [4.69, 9.17) is 5.11 Å². The molecule has 108 valence electrons. The van der Waals surface area contributed by atoms with Crippen LogP contribution in [-0.4, -0.2) is 33.9 Å². The quantitative estimate of drug-likeness (QED) is 0.748. The zero-order valence-corrected chi connectivity index (χ0v) is 11.5. The fourth-order valence-corrected chi connectivity index (χ4v) is 2.55. The molecule has 0 saturated carbocycles. The molecule has 0 fully saturated rings. The molecule has 3 rings (SSSR count). The van der Waals surface area contributed by atoms with Gasteiger partial charge in [0.1, 0.15) is 0 Å². The van der Waals surface area contributed by atoms with Crippen LogP contribution < -0.4 is 5.32 Å². The van der Waals surface area contributed by atoms with Gasteiger partial charge < -0.3 is 10.4 Å². The minimum atomic E-state index is -0.157. The van der Waals surface area contributed by atoms with Gasteiger partial charge in [0, 0.05) is 24.1 Å². The lowest BCUT2D eigenvalue weighted by atomic mass is 10.1. The van der Waals surface area contributed by atoms with Crippen molar-refractivity contribution in [3.63, 3.8) is 0 Å². The Kier molecular flexibility index (Phi) is 3.83. The maximum absolute atomic E-state index is 12.4. The highest BCUT2D eigenvalue weighted by Crippen LogP contribution is 2.22. The van der Waals surface area contributed by atoms with Crippen LogP contribution in [0, 0.1) is 5.92 Å². The number of hydrogen-bond donors (Lipinski definition) is 3. The van der Waals surface area contributed by atoms with Gasteiger partial charge in [0.2, 0.25) is 0 Å². The van der Waals surface area contributed by atoms with E-state index in [9.17, 15) is 4.79 Å². The molecule has 0 radical (unpaired) electrons. The first-order chi connectivity index (χ1) is 10.3.